The highest BCUT2D eigenvalue weighted by molar-refractivity contribution is 6.06. The number of hydrogen-bond donors (Lipinski definition) is 1. The molecule has 2 aromatic carbocycles. The second-order valence-electron chi connectivity index (χ2n) is 6.25. The summed E-state index contributed by atoms with van der Waals surface area (Å²) in [6.45, 7) is 0.651. The number of benzene rings is 2. The van der Waals surface area contributed by atoms with E-state index in [2.05, 4.69) is 10.3 Å². The average molecular weight is 355 g/mol. The molecule has 0 aliphatic carbocycles. The fraction of sp³-hybridized carbons (Fsp3) is 0.211. The molecule has 132 valence electrons. The van der Waals surface area contributed by atoms with Crippen molar-refractivity contribution in [2.24, 2.45) is 0 Å². The van der Waals surface area contributed by atoms with Gasteiger partial charge in [-0.2, -0.15) is 0 Å². The number of hydrogen-bond acceptors (Lipinski definition) is 3. The van der Waals surface area contributed by atoms with Crippen LogP contribution in [0.5, 0.6) is 0 Å². The lowest BCUT2D eigenvalue weighted by atomic mass is 10.1. The van der Waals surface area contributed by atoms with Gasteiger partial charge in [0.1, 0.15) is 17.5 Å². The van der Waals surface area contributed by atoms with Crippen LogP contribution in [0.2, 0.25) is 0 Å². The molecular formula is C19H15F2N3O2. The summed E-state index contributed by atoms with van der Waals surface area (Å²) >= 11 is 0. The highest BCUT2D eigenvalue weighted by atomic mass is 19.1. The van der Waals surface area contributed by atoms with E-state index in [9.17, 15) is 18.4 Å². The first kappa shape index (κ1) is 16.4. The predicted molar refractivity (Wildman–Crippen MR) is 93.3 cm³/mol. The lowest BCUT2D eigenvalue weighted by Gasteiger charge is -2.17. The minimum atomic E-state index is -0.731. The fourth-order valence-electron chi connectivity index (χ4n) is 3.17. The Bertz CT molecular complexity index is 1090. The van der Waals surface area contributed by atoms with Crippen LogP contribution in [0.15, 0.2) is 41.2 Å². The standard InChI is InChI=1S/C19H15F2N3O2/c20-12-5-7-14(21)16(10-12)23-18(25)11-4-6-13-15(9-11)22-17-3-1-2-8-24(17)19(13)26/h4-7,9-10H,1-3,8H2,(H,23,25). The van der Waals surface area contributed by atoms with Crippen molar-refractivity contribution in [2.45, 2.75) is 25.8 Å². The molecule has 0 atom stereocenters. The Morgan fingerprint density at radius 1 is 1.12 bits per heavy atom. The van der Waals surface area contributed by atoms with Gasteiger partial charge in [0.15, 0.2) is 0 Å². The van der Waals surface area contributed by atoms with E-state index in [4.69, 9.17) is 0 Å². The average Bonchev–Trinajstić information content (AvgIpc) is 2.64. The molecule has 2 heterocycles. The molecule has 0 bridgehead atoms. The number of amides is 1. The van der Waals surface area contributed by atoms with Gasteiger partial charge in [0.2, 0.25) is 0 Å². The molecule has 0 saturated carbocycles. The van der Waals surface area contributed by atoms with Gasteiger partial charge in [-0.3, -0.25) is 14.2 Å². The van der Waals surface area contributed by atoms with E-state index < -0.39 is 17.5 Å². The third-order valence-corrected chi connectivity index (χ3v) is 4.51. The highest BCUT2D eigenvalue weighted by Gasteiger charge is 2.16. The number of fused-ring (bicyclic) bond motifs is 2. The number of halogens is 2. The van der Waals surface area contributed by atoms with Crippen LogP contribution >= 0.6 is 0 Å². The molecule has 1 N–H and O–H groups in total. The van der Waals surface area contributed by atoms with Gasteiger partial charge in [-0.1, -0.05) is 0 Å². The van der Waals surface area contributed by atoms with Crippen LogP contribution in [0.4, 0.5) is 14.5 Å². The highest BCUT2D eigenvalue weighted by Crippen LogP contribution is 2.19. The van der Waals surface area contributed by atoms with E-state index in [0.717, 1.165) is 37.5 Å². The summed E-state index contributed by atoms with van der Waals surface area (Å²) < 4.78 is 28.6. The predicted octanol–water partition coefficient (Wildman–Crippen LogP) is 3.26. The molecule has 0 fully saturated rings. The molecule has 26 heavy (non-hydrogen) atoms. The quantitative estimate of drug-likeness (QED) is 0.767. The summed E-state index contributed by atoms with van der Waals surface area (Å²) in [5, 5.41) is 2.78. The van der Waals surface area contributed by atoms with Crippen molar-refractivity contribution in [3.63, 3.8) is 0 Å². The van der Waals surface area contributed by atoms with Crippen LogP contribution in [0, 0.1) is 11.6 Å². The molecule has 1 aliphatic rings. The van der Waals surface area contributed by atoms with Gasteiger partial charge in [-0.25, -0.2) is 13.8 Å². The molecule has 5 nitrogen and oxygen atoms in total. The lowest BCUT2D eigenvalue weighted by Crippen LogP contribution is -2.28. The molecule has 0 unspecified atom stereocenters. The number of carbonyl (C=O) groups is 1. The van der Waals surface area contributed by atoms with Crippen LogP contribution in [-0.2, 0) is 13.0 Å². The van der Waals surface area contributed by atoms with Crippen LogP contribution < -0.4 is 10.9 Å². The third kappa shape index (κ3) is 2.85. The SMILES string of the molecule is O=C(Nc1cc(F)ccc1F)c1ccc2c(=O)n3c(nc2c1)CCCC3. The molecule has 0 saturated heterocycles. The largest absolute Gasteiger partial charge is 0.319 e. The van der Waals surface area contributed by atoms with Crippen molar-refractivity contribution in [1.82, 2.24) is 9.55 Å². The normalized spacial score (nSPS) is 13.5. The number of carbonyl (C=O) groups excluding carboxylic acids is 1. The van der Waals surface area contributed by atoms with E-state index in [1.165, 1.54) is 12.1 Å². The Kier molecular flexibility index (Phi) is 3.99. The maximum Gasteiger partial charge on any atom is 0.261 e. The van der Waals surface area contributed by atoms with Gasteiger partial charge in [0.25, 0.3) is 11.5 Å². The van der Waals surface area contributed by atoms with E-state index in [1.807, 2.05) is 0 Å². The number of aryl methyl sites for hydroxylation is 1. The van der Waals surface area contributed by atoms with Crippen LogP contribution in [-0.4, -0.2) is 15.5 Å². The van der Waals surface area contributed by atoms with Gasteiger partial charge < -0.3 is 5.32 Å². The van der Waals surface area contributed by atoms with Gasteiger partial charge in [0, 0.05) is 24.6 Å². The summed E-state index contributed by atoms with van der Waals surface area (Å²) in [7, 11) is 0. The minimum absolute atomic E-state index is 0.118. The molecule has 7 heteroatoms. The Morgan fingerprint density at radius 2 is 1.96 bits per heavy atom. The first-order valence-electron chi connectivity index (χ1n) is 8.33. The van der Waals surface area contributed by atoms with Crippen molar-refractivity contribution >= 4 is 22.5 Å². The van der Waals surface area contributed by atoms with Gasteiger partial charge in [0.05, 0.1) is 16.6 Å². The second-order valence-corrected chi connectivity index (χ2v) is 6.25. The molecule has 1 aromatic heterocycles. The maximum atomic E-state index is 13.7. The van der Waals surface area contributed by atoms with E-state index >= 15 is 0 Å². The summed E-state index contributed by atoms with van der Waals surface area (Å²) in [6.07, 6.45) is 2.63. The van der Waals surface area contributed by atoms with Crippen LogP contribution in [0.1, 0.15) is 29.0 Å². The zero-order valence-electron chi connectivity index (χ0n) is 13.8. The van der Waals surface area contributed by atoms with Crippen molar-refractivity contribution in [3.05, 3.63) is 69.8 Å². The molecule has 0 spiro atoms. The topological polar surface area (TPSA) is 64.0 Å². The van der Waals surface area contributed by atoms with E-state index in [-0.39, 0.29) is 16.8 Å². The number of aromatic nitrogens is 2. The zero-order chi connectivity index (χ0) is 18.3. The monoisotopic (exact) mass is 355 g/mol. The van der Waals surface area contributed by atoms with Crippen molar-refractivity contribution in [2.75, 3.05) is 5.32 Å². The lowest BCUT2D eigenvalue weighted by molar-refractivity contribution is 0.102. The zero-order valence-corrected chi connectivity index (χ0v) is 13.8. The summed E-state index contributed by atoms with van der Waals surface area (Å²) in [6, 6.07) is 7.35. The Hall–Kier alpha value is -3.09. The number of anilines is 1. The van der Waals surface area contributed by atoms with Crippen molar-refractivity contribution < 1.29 is 13.6 Å². The summed E-state index contributed by atoms with van der Waals surface area (Å²) in [4.78, 5) is 29.4. The van der Waals surface area contributed by atoms with E-state index in [0.29, 0.717) is 23.3 Å². The Morgan fingerprint density at radius 3 is 2.81 bits per heavy atom. The first-order chi connectivity index (χ1) is 12.5. The number of nitrogens with zero attached hydrogens (tertiary/aromatic N) is 2. The molecular weight excluding hydrogens is 340 g/mol. The molecule has 1 aliphatic heterocycles. The molecule has 3 aromatic rings. The van der Waals surface area contributed by atoms with Gasteiger partial charge >= 0.3 is 0 Å². The third-order valence-electron chi connectivity index (χ3n) is 4.51. The second kappa shape index (κ2) is 6.33. The van der Waals surface area contributed by atoms with Gasteiger partial charge in [-0.15, -0.1) is 0 Å². The van der Waals surface area contributed by atoms with E-state index in [1.54, 1.807) is 10.6 Å². The molecule has 0 radical (unpaired) electrons. The maximum absolute atomic E-state index is 13.7. The first-order valence-corrected chi connectivity index (χ1v) is 8.33. The van der Waals surface area contributed by atoms with Crippen LogP contribution in [0.25, 0.3) is 10.9 Å². The van der Waals surface area contributed by atoms with Crippen molar-refractivity contribution in [1.29, 1.82) is 0 Å². The molecule has 4 rings (SSSR count). The Labute approximate surface area is 147 Å². The number of rotatable bonds is 2. The van der Waals surface area contributed by atoms with Gasteiger partial charge in [-0.05, 0) is 43.2 Å². The summed E-state index contributed by atoms with van der Waals surface area (Å²) in [5.74, 6) is -1.27. The fourth-order valence-corrected chi connectivity index (χ4v) is 3.17. The summed E-state index contributed by atoms with van der Waals surface area (Å²) in [5.41, 5.74) is 0.283. The van der Waals surface area contributed by atoms with Crippen molar-refractivity contribution in [3.8, 4) is 0 Å². The van der Waals surface area contributed by atoms with Crippen LogP contribution in [0.3, 0.4) is 0 Å². The number of nitrogens with one attached hydrogen (secondary N) is 1. The Balaban J connectivity index is 1.72. The smallest absolute Gasteiger partial charge is 0.261 e. The minimum Gasteiger partial charge on any atom is -0.319 e. The molecule has 1 amide bonds.